The Bertz CT molecular complexity index is 951. The highest BCUT2D eigenvalue weighted by molar-refractivity contribution is 7.08. The summed E-state index contributed by atoms with van der Waals surface area (Å²) in [5.74, 6) is 0.899. The van der Waals surface area contributed by atoms with Gasteiger partial charge in [-0.15, -0.1) is 12.4 Å². The number of para-hydroxylation sites is 1. The topological polar surface area (TPSA) is 50.6 Å². The summed E-state index contributed by atoms with van der Waals surface area (Å²) in [6, 6.07) is 10.1. The second-order valence-electron chi connectivity index (χ2n) is 6.38. The maximum atomic E-state index is 13.2. The summed E-state index contributed by atoms with van der Waals surface area (Å²) < 4.78 is 7.52. The number of urea groups is 1. The zero-order chi connectivity index (χ0) is 17.5. The molecule has 1 aromatic carbocycles. The molecular formula is C19H19ClN4O2S. The summed E-state index contributed by atoms with van der Waals surface area (Å²) in [7, 11) is 0. The van der Waals surface area contributed by atoms with Crippen LogP contribution in [0, 0.1) is 0 Å². The van der Waals surface area contributed by atoms with Crippen LogP contribution in [0.25, 0.3) is 22.6 Å². The normalized spacial score (nSPS) is 15.7. The van der Waals surface area contributed by atoms with E-state index in [-0.39, 0.29) is 18.4 Å². The molecule has 27 heavy (non-hydrogen) atoms. The number of amides is 2. The average molecular weight is 403 g/mol. The molecule has 140 valence electrons. The highest BCUT2D eigenvalue weighted by Crippen LogP contribution is 2.39. The fraction of sp³-hybridized carbons (Fsp3) is 0.263. The number of ether oxygens (including phenoxy) is 1. The van der Waals surface area contributed by atoms with Gasteiger partial charge in [0, 0.05) is 29.6 Å². The van der Waals surface area contributed by atoms with E-state index in [1.54, 1.807) is 11.3 Å². The van der Waals surface area contributed by atoms with Crippen molar-refractivity contribution in [2.75, 3.05) is 31.2 Å². The average Bonchev–Trinajstić information content (AvgIpc) is 3.37. The minimum atomic E-state index is 0. The van der Waals surface area contributed by atoms with Crippen molar-refractivity contribution in [3.63, 3.8) is 0 Å². The van der Waals surface area contributed by atoms with Crippen molar-refractivity contribution in [3.8, 4) is 22.6 Å². The van der Waals surface area contributed by atoms with E-state index < -0.39 is 0 Å². The van der Waals surface area contributed by atoms with Gasteiger partial charge in [-0.1, -0.05) is 18.2 Å². The number of morpholine rings is 1. The van der Waals surface area contributed by atoms with Gasteiger partial charge in [-0.25, -0.2) is 9.78 Å². The lowest BCUT2D eigenvalue weighted by Crippen LogP contribution is -2.49. The number of carbonyl (C=O) groups is 1. The number of hydrogen-bond donors (Lipinski definition) is 0. The zero-order valence-electron chi connectivity index (χ0n) is 14.6. The molecule has 0 saturated carbocycles. The number of carbonyl (C=O) groups excluding carboxylic acids is 1. The van der Waals surface area contributed by atoms with Crippen LogP contribution in [0.3, 0.4) is 0 Å². The number of imidazole rings is 1. The van der Waals surface area contributed by atoms with E-state index in [0.717, 1.165) is 28.3 Å². The van der Waals surface area contributed by atoms with E-state index in [9.17, 15) is 4.79 Å². The predicted octanol–water partition coefficient (Wildman–Crippen LogP) is 3.93. The molecule has 2 aliphatic heterocycles. The first-order valence-electron chi connectivity index (χ1n) is 8.64. The number of benzene rings is 1. The highest BCUT2D eigenvalue weighted by atomic mass is 35.5. The number of rotatable bonds is 1. The van der Waals surface area contributed by atoms with E-state index in [4.69, 9.17) is 4.74 Å². The molecule has 0 bridgehead atoms. The number of fused-ring (bicyclic) bond motifs is 3. The van der Waals surface area contributed by atoms with Crippen LogP contribution in [-0.4, -0.2) is 46.8 Å². The van der Waals surface area contributed by atoms with Crippen LogP contribution >= 0.6 is 23.7 Å². The molecule has 6 nitrogen and oxygen atoms in total. The number of halogens is 1. The van der Waals surface area contributed by atoms with E-state index in [1.807, 2.05) is 39.6 Å². The second-order valence-corrected chi connectivity index (χ2v) is 7.16. The standard InChI is InChI=1S/C19H18N4O2S.ClH/c24-19(21-6-8-25-9-7-21)23-13-22-17(15-3-1-2-4-16(15)23)11-20-18(22)14-5-10-26-12-14;/h1-5,10-12H,6-9,13H2;1H. The number of anilines is 1. The van der Waals surface area contributed by atoms with Crippen LogP contribution < -0.4 is 4.90 Å². The molecule has 2 aliphatic rings. The summed E-state index contributed by atoms with van der Waals surface area (Å²) in [6.45, 7) is 2.92. The molecule has 0 spiro atoms. The molecule has 0 radical (unpaired) electrons. The first-order valence-corrected chi connectivity index (χ1v) is 9.59. The molecule has 8 heteroatoms. The first kappa shape index (κ1) is 18.0. The minimum absolute atomic E-state index is 0. The van der Waals surface area contributed by atoms with Crippen LogP contribution in [0.2, 0.25) is 0 Å². The monoisotopic (exact) mass is 402 g/mol. The molecular weight excluding hydrogens is 384 g/mol. The van der Waals surface area contributed by atoms with Crippen molar-refractivity contribution in [1.29, 1.82) is 0 Å². The second kappa shape index (κ2) is 7.34. The van der Waals surface area contributed by atoms with Gasteiger partial charge in [0.05, 0.1) is 30.8 Å². The molecule has 0 atom stereocenters. The van der Waals surface area contributed by atoms with Gasteiger partial charge in [0.2, 0.25) is 0 Å². The Hall–Kier alpha value is -2.35. The van der Waals surface area contributed by atoms with Gasteiger partial charge in [-0.3, -0.25) is 4.90 Å². The van der Waals surface area contributed by atoms with E-state index in [1.165, 1.54) is 0 Å². The molecule has 1 fully saturated rings. The van der Waals surface area contributed by atoms with Crippen LogP contribution in [0.15, 0.2) is 47.3 Å². The molecule has 5 rings (SSSR count). The fourth-order valence-electron chi connectivity index (χ4n) is 3.59. The Balaban J connectivity index is 0.00000180. The number of thiophene rings is 1. The third-order valence-electron chi connectivity index (χ3n) is 4.90. The Labute approximate surface area is 167 Å². The Morgan fingerprint density at radius 3 is 2.74 bits per heavy atom. The summed E-state index contributed by atoms with van der Waals surface area (Å²) in [5, 5.41) is 4.13. The van der Waals surface area contributed by atoms with Crippen LogP contribution in [0.5, 0.6) is 0 Å². The molecule has 0 unspecified atom stereocenters. The van der Waals surface area contributed by atoms with Gasteiger partial charge in [0.25, 0.3) is 0 Å². The Morgan fingerprint density at radius 1 is 1.15 bits per heavy atom. The van der Waals surface area contributed by atoms with Gasteiger partial charge in [0.1, 0.15) is 12.5 Å². The lowest BCUT2D eigenvalue weighted by atomic mass is 10.1. The van der Waals surface area contributed by atoms with Gasteiger partial charge in [-0.05, 0) is 17.5 Å². The minimum Gasteiger partial charge on any atom is -0.378 e. The van der Waals surface area contributed by atoms with Crippen LogP contribution in [-0.2, 0) is 11.4 Å². The lowest BCUT2D eigenvalue weighted by molar-refractivity contribution is 0.0545. The van der Waals surface area contributed by atoms with Crippen molar-refractivity contribution in [3.05, 3.63) is 47.3 Å². The number of hydrogen-bond acceptors (Lipinski definition) is 4. The van der Waals surface area contributed by atoms with Crippen LogP contribution in [0.4, 0.5) is 10.5 Å². The van der Waals surface area contributed by atoms with Crippen molar-refractivity contribution in [1.82, 2.24) is 14.5 Å². The van der Waals surface area contributed by atoms with E-state index >= 15 is 0 Å². The van der Waals surface area contributed by atoms with E-state index in [2.05, 4.69) is 27.1 Å². The third kappa shape index (κ3) is 3.01. The predicted molar refractivity (Wildman–Crippen MR) is 108 cm³/mol. The van der Waals surface area contributed by atoms with Gasteiger partial charge < -0.3 is 14.2 Å². The summed E-state index contributed by atoms with van der Waals surface area (Å²) in [5.41, 5.74) is 4.11. The quantitative estimate of drug-likeness (QED) is 0.619. The van der Waals surface area contributed by atoms with Gasteiger partial charge >= 0.3 is 6.03 Å². The molecule has 1 saturated heterocycles. The largest absolute Gasteiger partial charge is 0.378 e. The molecule has 4 heterocycles. The Kier molecular flexibility index (Phi) is 4.90. The maximum Gasteiger partial charge on any atom is 0.326 e. The molecule has 3 aromatic rings. The van der Waals surface area contributed by atoms with Gasteiger partial charge in [-0.2, -0.15) is 11.3 Å². The fourth-order valence-corrected chi connectivity index (χ4v) is 4.22. The van der Waals surface area contributed by atoms with E-state index in [0.29, 0.717) is 33.0 Å². The zero-order valence-corrected chi connectivity index (χ0v) is 16.2. The summed E-state index contributed by atoms with van der Waals surface area (Å²) >= 11 is 1.65. The molecule has 0 N–H and O–H groups in total. The van der Waals surface area contributed by atoms with Crippen molar-refractivity contribution in [2.45, 2.75) is 6.67 Å². The maximum absolute atomic E-state index is 13.2. The summed E-state index contributed by atoms with van der Waals surface area (Å²) in [6.07, 6.45) is 1.91. The molecule has 0 aliphatic carbocycles. The number of aromatic nitrogens is 2. The van der Waals surface area contributed by atoms with Gasteiger partial charge in [0.15, 0.2) is 0 Å². The SMILES string of the molecule is Cl.O=C(N1CCOCC1)N1Cn2c(cnc2-c2ccsc2)-c2ccccc21. The Morgan fingerprint density at radius 2 is 1.96 bits per heavy atom. The molecule has 2 amide bonds. The van der Waals surface area contributed by atoms with Crippen molar-refractivity contribution < 1.29 is 9.53 Å². The van der Waals surface area contributed by atoms with Crippen LogP contribution in [0.1, 0.15) is 0 Å². The third-order valence-corrected chi connectivity index (χ3v) is 5.58. The summed E-state index contributed by atoms with van der Waals surface area (Å²) in [4.78, 5) is 21.6. The van der Waals surface area contributed by atoms with Crippen molar-refractivity contribution >= 4 is 35.5 Å². The number of nitrogens with zero attached hydrogens (tertiary/aromatic N) is 4. The first-order chi connectivity index (χ1) is 12.8. The highest BCUT2D eigenvalue weighted by Gasteiger charge is 2.31. The molecule has 2 aromatic heterocycles. The lowest BCUT2D eigenvalue weighted by Gasteiger charge is -2.36. The smallest absolute Gasteiger partial charge is 0.326 e. The van der Waals surface area contributed by atoms with Crippen molar-refractivity contribution in [2.24, 2.45) is 0 Å².